The molecule has 0 bridgehead atoms. The molecule has 5 nitrogen and oxygen atoms in total. The zero-order chi connectivity index (χ0) is 14.7. The molecule has 0 spiro atoms. The predicted molar refractivity (Wildman–Crippen MR) is 81.3 cm³/mol. The van der Waals surface area contributed by atoms with Gasteiger partial charge >= 0.3 is 0 Å². The van der Waals surface area contributed by atoms with Crippen LogP contribution in [0.2, 0.25) is 10.0 Å². The molecule has 0 fully saturated rings. The molecular formula is C14H10Cl2N4O. The van der Waals surface area contributed by atoms with Gasteiger partial charge in [0.15, 0.2) is 0 Å². The second kappa shape index (κ2) is 6.11. The van der Waals surface area contributed by atoms with E-state index in [-0.39, 0.29) is 0 Å². The van der Waals surface area contributed by atoms with Gasteiger partial charge in [-0.2, -0.15) is 4.98 Å². The van der Waals surface area contributed by atoms with E-state index in [1.54, 1.807) is 30.5 Å². The molecule has 0 aliphatic rings. The van der Waals surface area contributed by atoms with Crippen LogP contribution in [0.1, 0.15) is 5.89 Å². The van der Waals surface area contributed by atoms with E-state index in [9.17, 15) is 0 Å². The Morgan fingerprint density at radius 3 is 2.67 bits per heavy atom. The number of hydrogen-bond donors (Lipinski definition) is 1. The molecule has 1 aromatic carbocycles. The fraction of sp³-hybridized carbons (Fsp3) is 0.0714. The van der Waals surface area contributed by atoms with Crippen LogP contribution in [0.3, 0.4) is 0 Å². The Hall–Kier alpha value is -2.11. The van der Waals surface area contributed by atoms with Gasteiger partial charge in [0.2, 0.25) is 11.7 Å². The molecule has 106 valence electrons. The Morgan fingerprint density at radius 1 is 1.10 bits per heavy atom. The first-order chi connectivity index (χ1) is 10.2. The van der Waals surface area contributed by atoms with Gasteiger partial charge in [0.25, 0.3) is 0 Å². The summed E-state index contributed by atoms with van der Waals surface area (Å²) in [6.45, 7) is 0.402. The van der Waals surface area contributed by atoms with Crippen LogP contribution in [0.4, 0.5) is 5.69 Å². The number of benzene rings is 1. The zero-order valence-electron chi connectivity index (χ0n) is 10.8. The Balaban J connectivity index is 1.71. The Morgan fingerprint density at radius 2 is 1.90 bits per heavy atom. The maximum absolute atomic E-state index is 6.04. The lowest BCUT2D eigenvalue weighted by Crippen LogP contribution is -1.99. The standard InChI is InChI=1S/C14H10Cl2N4O/c15-9-3-5-10(6-4-9)18-8-12-19-14(20-21-12)13-11(16)2-1-7-17-13/h1-7,18H,8H2. The highest BCUT2D eigenvalue weighted by molar-refractivity contribution is 6.32. The molecule has 2 heterocycles. The van der Waals surface area contributed by atoms with Crippen molar-refractivity contribution in [2.45, 2.75) is 6.54 Å². The first kappa shape index (κ1) is 13.9. The van der Waals surface area contributed by atoms with Gasteiger partial charge < -0.3 is 9.84 Å². The second-order valence-electron chi connectivity index (χ2n) is 4.21. The maximum Gasteiger partial charge on any atom is 0.246 e. The van der Waals surface area contributed by atoms with Crippen LogP contribution >= 0.6 is 23.2 Å². The number of pyridine rings is 1. The molecule has 0 atom stereocenters. The number of aromatic nitrogens is 3. The normalized spacial score (nSPS) is 10.6. The van der Waals surface area contributed by atoms with E-state index in [1.165, 1.54) is 0 Å². The molecule has 2 aromatic heterocycles. The average Bonchev–Trinajstić information content (AvgIpc) is 2.96. The first-order valence-electron chi connectivity index (χ1n) is 6.15. The van der Waals surface area contributed by atoms with Crippen LogP contribution in [0.5, 0.6) is 0 Å². The number of nitrogens with one attached hydrogen (secondary N) is 1. The summed E-state index contributed by atoms with van der Waals surface area (Å²) >= 11 is 11.9. The van der Waals surface area contributed by atoms with Crippen molar-refractivity contribution in [1.29, 1.82) is 0 Å². The van der Waals surface area contributed by atoms with Gasteiger partial charge in [-0.05, 0) is 36.4 Å². The summed E-state index contributed by atoms with van der Waals surface area (Å²) in [5, 5.41) is 8.21. The van der Waals surface area contributed by atoms with Crippen LogP contribution in [-0.2, 0) is 6.54 Å². The van der Waals surface area contributed by atoms with Crippen molar-refractivity contribution in [3.8, 4) is 11.5 Å². The summed E-state index contributed by atoms with van der Waals surface area (Å²) in [5.41, 5.74) is 1.41. The third kappa shape index (κ3) is 3.32. The third-order valence-electron chi connectivity index (χ3n) is 2.73. The summed E-state index contributed by atoms with van der Waals surface area (Å²) in [5.74, 6) is 0.815. The summed E-state index contributed by atoms with van der Waals surface area (Å²) in [6, 6.07) is 10.8. The fourth-order valence-corrected chi connectivity index (χ4v) is 2.05. The van der Waals surface area contributed by atoms with Gasteiger partial charge in [-0.25, -0.2) is 0 Å². The summed E-state index contributed by atoms with van der Waals surface area (Å²) in [7, 11) is 0. The van der Waals surface area contributed by atoms with Gasteiger partial charge in [0, 0.05) is 16.9 Å². The van der Waals surface area contributed by atoms with Crippen molar-refractivity contribution in [2.75, 3.05) is 5.32 Å². The number of anilines is 1. The smallest absolute Gasteiger partial charge is 0.246 e. The van der Waals surface area contributed by atoms with Crippen LogP contribution in [0.25, 0.3) is 11.5 Å². The van der Waals surface area contributed by atoms with Crippen molar-refractivity contribution in [3.05, 3.63) is 58.5 Å². The van der Waals surface area contributed by atoms with E-state index in [0.29, 0.717) is 34.0 Å². The molecule has 0 unspecified atom stereocenters. The minimum Gasteiger partial charge on any atom is -0.376 e. The lowest BCUT2D eigenvalue weighted by molar-refractivity contribution is 0.384. The highest BCUT2D eigenvalue weighted by atomic mass is 35.5. The van der Waals surface area contributed by atoms with E-state index in [0.717, 1.165) is 5.69 Å². The number of nitrogens with zero attached hydrogens (tertiary/aromatic N) is 3. The van der Waals surface area contributed by atoms with Gasteiger partial charge in [0.05, 0.1) is 11.6 Å². The lowest BCUT2D eigenvalue weighted by Gasteiger charge is -2.02. The van der Waals surface area contributed by atoms with Crippen molar-refractivity contribution in [1.82, 2.24) is 15.1 Å². The molecule has 3 aromatic rings. The molecule has 7 heteroatoms. The Bertz CT molecular complexity index is 743. The average molecular weight is 321 g/mol. The lowest BCUT2D eigenvalue weighted by atomic mass is 10.3. The van der Waals surface area contributed by atoms with Gasteiger partial charge in [-0.1, -0.05) is 28.4 Å². The van der Waals surface area contributed by atoms with E-state index < -0.39 is 0 Å². The third-order valence-corrected chi connectivity index (χ3v) is 3.28. The maximum atomic E-state index is 6.04. The highest BCUT2D eigenvalue weighted by Gasteiger charge is 2.12. The number of hydrogen-bond acceptors (Lipinski definition) is 5. The van der Waals surface area contributed by atoms with Crippen LogP contribution in [0, 0.1) is 0 Å². The molecule has 0 aliphatic heterocycles. The molecular weight excluding hydrogens is 311 g/mol. The van der Waals surface area contributed by atoms with Crippen LogP contribution in [-0.4, -0.2) is 15.1 Å². The topological polar surface area (TPSA) is 63.8 Å². The van der Waals surface area contributed by atoms with E-state index >= 15 is 0 Å². The molecule has 3 rings (SSSR count). The van der Waals surface area contributed by atoms with Crippen molar-refractivity contribution in [3.63, 3.8) is 0 Å². The van der Waals surface area contributed by atoms with Crippen LogP contribution in [0.15, 0.2) is 47.1 Å². The Kier molecular flexibility index (Phi) is 4.03. The minimum atomic E-state index is 0.369. The molecule has 0 aliphatic carbocycles. The first-order valence-corrected chi connectivity index (χ1v) is 6.91. The molecule has 21 heavy (non-hydrogen) atoms. The summed E-state index contributed by atoms with van der Waals surface area (Å²) in [4.78, 5) is 8.40. The molecule has 0 radical (unpaired) electrons. The number of halogens is 2. The van der Waals surface area contributed by atoms with E-state index in [4.69, 9.17) is 27.7 Å². The van der Waals surface area contributed by atoms with Gasteiger partial charge in [-0.3, -0.25) is 4.98 Å². The largest absolute Gasteiger partial charge is 0.376 e. The Labute approximate surface area is 130 Å². The zero-order valence-corrected chi connectivity index (χ0v) is 12.3. The SMILES string of the molecule is Clc1ccc(NCc2nc(-c3ncccc3Cl)no2)cc1. The van der Waals surface area contributed by atoms with Gasteiger partial charge in [0.1, 0.15) is 5.69 Å². The highest BCUT2D eigenvalue weighted by Crippen LogP contribution is 2.22. The quantitative estimate of drug-likeness (QED) is 0.785. The van der Waals surface area contributed by atoms with Crippen LogP contribution < -0.4 is 5.32 Å². The van der Waals surface area contributed by atoms with Crippen molar-refractivity contribution >= 4 is 28.9 Å². The monoisotopic (exact) mass is 320 g/mol. The summed E-state index contributed by atoms with van der Waals surface area (Å²) < 4.78 is 5.17. The van der Waals surface area contributed by atoms with E-state index in [1.807, 2.05) is 12.1 Å². The van der Waals surface area contributed by atoms with Crippen molar-refractivity contribution < 1.29 is 4.52 Å². The van der Waals surface area contributed by atoms with E-state index in [2.05, 4.69) is 20.4 Å². The molecule has 0 saturated heterocycles. The second-order valence-corrected chi connectivity index (χ2v) is 5.05. The molecule has 0 amide bonds. The molecule has 1 N–H and O–H groups in total. The minimum absolute atomic E-state index is 0.369. The predicted octanol–water partition coefficient (Wildman–Crippen LogP) is 4.05. The van der Waals surface area contributed by atoms with Gasteiger partial charge in [-0.15, -0.1) is 0 Å². The van der Waals surface area contributed by atoms with Crippen molar-refractivity contribution in [2.24, 2.45) is 0 Å². The summed E-state index contributed by atoms with van der Waals surface area (Å²) in [6.07, 6.45) is 1.63. The molecule has 0 saturated carbocycles. The fourth-order valence-electron chi connectivity index (χ4n) is 1.72. The number of rotatable bonds is 4.